The summed E-state index contributed by atoms with van der Waals surface area (Å²) in [6, 6.07) is 21.0. The smallest absolute Gasteiger partial charge is 0.412 e. The standard InChI is InChI=1S/C26H25ClN4O3/c1-17-16-21(13-14-22(17)31-15-5-8-23(31)28)29-25(32)24(18-6-3-2-4-7-18)34-26(33)30-20-11-9-19(27)10-12-20/h2-4,6-7,9-14,16,24,28H,5,8,15H2,1H3,(H,29,32)(H,30,33). The Balaban J connectivity index is 1.49. The van der Waals surface area contributed by atoms with E-state index in [1.165, 1.54) is 0 Å². The highest BCUT2D eigenvalue weighted by atomic mass is 35.5. The van der Waals surface area contributed by atoms with Crippen molar-refractivity contribution >= 4 is 46.5 Å². The van der Waals surface area contributed by atoms with Crippen molar-refractivity contribution < 1.29 is 14.3 Å². The Morgan fingerprint density at radius 1 is 1.00 bits per heavy atom. The SMILES string of the molecule is Cc1cc(NC(=O)C(OC(=O)Nc2ccc(Cl)cc2)c2ccccc2)ccc1N1CCCC1=N. The minimum atomic E-state index is -1.15. The van der Waals surface area contributed by atoms with Crippen LogP contribution < -0.4 is 15.5 Å². The van der Waals surface area contributed by atoms with Crippen LogP contribution >= 0.6 is 11.6 Å². The quantitative estimate of drug-likeness (QED) is 0.397. The molecule has 0 aromatic heterocycles. The van der Waals surface area contributed by atoms with Crippen LogP contribution in [0.4, 0.5) is 21.9 Å². The average molecular weight is 477 g/mol. The Hall–Kier alpha value is -3.84. The van der Waals surface area contributed by atoms with Crippen molar-refractivity contribution in [3.05, 3.63) is 88.9 Å². The zero-order chi connectivity index (χ0) is 24.1. The van der Waals surface area contributed by atoms with Gasteiger partial charge in [-0.05, 0) is 61.4 Å². The molecule has 1 fully saturated rings. The lowest BCUT2D eigenvalue weighted by molar-refractivity contribution is -0.124. The van der Waals surface area contributed by atoms with Gasteiger partial charge < -0.3 is 15.0 Å². The molecular formula is C26H25ClN4O3. The third kappa shape index (κ3) is 5.55. The number of aryl methyl sites for hydroxylation is 1. The Bertz CT molecular complexity index is 1200. The molecule has 1 atom stereocenters. The number of hydrogen-bond acceptors (Lipinski definition) is 4. The molecule has 1 heterocycles. The van der Waals surface area contributed by atoms with Gasteiger partial charge in [0, 0.05) is 40.6 Å². The van der Waals surface area contributed by atoms with Gasteiger partial charge in [0.1, 0.15) is 5.84 Å². The van der Waals surface area contributed by atoms with Gasteiger partial charge in [-0.15, -0.1) is 0 Å². The molecule has 1 aliphatic heterocycles. The van der Waals surface area contributed by atoms with Crippen LogP contribution in [0, 0.1) is 12.3 Å². The van der Waals surface area contributed by atoms with Crippen LogP contribution in [0.1, 0.15) is 30.1 Å². The zero-order valence-electron chi connectivity index (χ0n) is 18.7. The second-order valence-electron chi connectivity index (χ2n) is 8.02. The number of nitrogens with one attached hydrogen (secondary N) is 3. The molecule has 0 saturated carbocycles. The fraction of sp³-hybridized carbons (Fsp3) is 0.192. The normalized spacial score (nSPS) is 13.9. The first-order valence-corrected chi connectivity index (χ1v) is 11.3. The van der Waals surface area contributed by atoms with Crippen LogP contribution in [-0.4, -0.2) is 24.4 Å². The summed E-state index contributed by atoms with van der Waals surface area (Å²) in [5.41, 5.74) is 3.53. The number of halogens is 1. The molecule has 1 saturated heterocycles. The van der Waals surface area contributed by atoms with Gasteiger partial charge in [0.05, 0.1) is 0 Å². The average Bonchev–Trinajstić information content (AvgIpc) is 3.25. The first kappa shape index (κ1) is 23.3. The van der Waals surface area contributed by atoms with E-state index in [0.717, 1.165) is 30.6 Å². The first-order chi connectivity index (χ1) is 16.4. The summed E-state index contributed by atoms with van der Waals surface area (Å²) in [5, 5.41) is 14.1. The van der Waals surface area contributed by atoms with Crippen molar-refractivity contribution in [1.82, 2.24) is 0 Å². The summed E-state index contributed by atoms with van der Waals surface area (Å²) in [7, 11) is 0. The fourth-order valence-corrected chi connectivity index (χ4v) is 4.00. The van der Waals surface area contributed by atoms with Crippen LogP contribution in [-0.2, 0) is 9.53 Å². The molecule has 0 bridgehead atoms. The van der Waals surface area contributed by atoms with E-state index in [1.807, 2.05) is 30.0 Å². The maximum absolute atomic E-state index is 13.2. The Morgan fingerprint density at radius 3 is 2.35 bits per heavy atom. The third-order valence-corrected chi connectivity index (χ3v) is 5.78. The molecule has 3 aromatic rings. The molecule has 1 unspecified atom stereocenters. The maximum Gasteiger partial charge on any atom is 0.412 e. The van der Waals surface area contributed by atoms with Gasteiger partial charge in [-0.1, -0.05) is 41.9 Å². The monoisotopic (exact) mass is 476 g/mol. The van der Waals surface area contributed by atoms with Gasteiger partial charge in [-0.2, -0.15) is 0 Å². The van der Waals surface area contributed by atoms with Crippen molar-refractivity contribution in [3.8, 4) is 0 Å². The van der Waals surface area contributed by atoms with E-state index in [-0.39, 0.29) is 0 Å². The van der Waals surface area contributed by atoms with Crippen LogP contribution in [0.2, 0.25) is 5.02 Å². The molecular weight excluding hydrogens is 452 g/mol. The Kier molecular flexibility index (Phi) is 7.13. The van der Waals surface area contributed by atoms with E-state index in [0.29, 0.717) is 27.8 Å². The van der Waals surface area contributed by atoms with Crippen LogP contribution in [0.25, 0.3) is 0 Å². The lowest BCUT2D eigenvalue weighted by atomic mass is 10.1. The van der Waals surface area contributed by atoms with Gasteiger partial charge in [0.25, 0.3) is 5.91 Å². The number of ether oxygens (including phenoxy) is 1. The van der Waals surface area contributed by atoms with Crippen molar-refractivity contribution in [2.45, 2.75) is 25.9 Å². The molecule has 8 heteroatoms. The maximum atomic E-state index is 13.2. The van der Waals surface area contributed by atoms with Gasteiger partial charge in [-0.3, -0.25) is 15.5 Å². The molecule has 174 valence electrons. The minimum absolute atomic E-state index is 0.474. The molecule has 4 rings (SSSR count). The molecule has 0 spiro atoms. The first-order valence-electron chi connectivity index (χ1n) is 11.0. The summed E-state index contributed by atoms with van der Waals surface area (Å²) < 4.78 is 5.52. The summed E-state index contributed by atoms with van der Waals surface area (Å²) in [6.07, 6.45) is -0.178. The Labute approximate surface area is 203 Å². The largest absolute Gasteiger partial charge is 0.431 e. The number of nitrogens with zero attached hydrogens (tertiary/aromatic N) is 1. The number of carbonyl (C=O) groups is 2. The predicted octanol–water partition coefficient (Wildman–Crippen LogP) is 6.15. The molecule has 3 N–H and O–H groups in total. The molecule has 0 aliphatic carbocycles. The number of rotatable bonds is 6. The lowest BCUT2D eigenvalue weighted by Crippen LogP contribution is -2.28. The number of anilines is 3. The van der Waals surface area contributed by atoms with E-state index < -0.39 is 18.1 Å². The summed E-state index contributed by atoms with van der Waals surface area (Å²) >= 11 is 5.89. The molecule has 0 radical (unpaired) electrons. The van der Waals surface area contributed by atoms with Crippen molar-refractivity contribution in [3.63, 3.8) is 0 Å². The molecule has 7 nitrogen and oxygen atoms in total. The summed E-state index contributed by atoms with van der Waals surface area (Å²) in [4.78, 5) is 27.7. The third-order valence-electron chi connectivity index (χ3n) is 5.53. The van der Waals surface area contributed by atoms with Crippen LogP contribution in [0.5, 0.6) is 0 Å². The van der Waals surface area contributed by atoms with E-state index >= 15 is 0 Å². The Morgan fingerprint density at radius 2 is 1.71 bits per heavy atom. The van der Waals surface area contributed by atoms with Crippen LogP contribution in [0.3, 0.4) is 0 Å². The van der Waals surface area contributed by atoms with Crippen molar-refractivity contribution in [2.75, 3.05) is 22.1 Å². The molecule has 3 aromatic carbocycles. The molecule has 2 amide bonds. The van der Waals surface area contributed by atoms with Gasteiger partial charge in [0.2, 0.25) is 6.10 Å². The van der Waals surface area contributed by atoms with Gasteiger partial charge in [-0.25, -0.2) is 4.79 Å². The highest BCUT2D eigenvalue weighted by Gasteiger charge is 2.26. The number of carbonyl (C=O) groups excluding carboxylic acids is 2. The topological polar surface area (TPSA) is 94.5 Å². The second-order valence-corrected chi connectivity index (χ2v) is 8.46. The van der Waals surface area contributed by atoms with Crippen molar-refractivity contribution in [2.24, 2.45) is 0 Å². The lowest BCUT2D eigenvalue weighted by Gasteiger charge is -2.22. The highest BCUT2D eigenvalue weighted by Crippen LogP contribution is 2.28. The van der Waals surface area contributed by atoms with Crippen LogP contribution in [0.15, 0.2) is 72.8 Å². The zero-order valence-corrected chi connectivity index (χ0v) is 19.4. The minimum Gasteiger partial charge on any atom is -0.431 e. The molecule has 34 heavy (non-hydrogen) atoms. The van der Waals surface area contributed by atoms with E-state index in [1.54, 1.807) is 54.6 Å². The number of hydrogen-bond donors (Lipinski definition) is 3. The number of amides is 2. The van der Waals surface area contributed by atoms with E-state index in [2.05, 4.69) is 10.6 Å². The van der Waals surface area contributed by atoms with E-state index in [9.17, 15) is 9.59 Å². The predicted molar refractivity (Wildman–Crippen MR) is 135 cm³/mol. The fourth-order valence-electron chi connectivity index (χ4n) is 3.87. The number of benzene rings is 3. The summed E-state index contributed by atoms with van der Waals surface area (Å²) in [6.45, 7) is 2.76. The van der Waals surface area contributed by atoms with E-state index in [4.69, 9.17) is 21.7 Å². The van der Waals surface area contributed by atoms with Gasteiger partial charge >= 0.3 is 6.09 Å². The highest BCUT2D eigenvalue weighted by molar-refractivity contribution is 6.30. The molecule has 1 aliphatic rings. The number of amidine groups is 1. The summed E-state index contributed by atoms with van der Waals surface area (Å²) in [5.74, 6) is 0.127. The van der Waals surface area contributed by atoms with Gasteiger partial charge in [0.15, 0.2) is 0 Å². The van der Waals surface area contributed by atoms with Crippen molar-refractivity contribution in [1.29, 1.82) is 5.41 Å². The second kappa shape index (κ2) is 10.4.